The van der Waals surface area contributed by atoms with Gasteiger partial charge in [-0.2, -0.15) is 0 Å². The van der Waals surface area contributed by atoms with Gasteiger partial charge in [-0.1, -0.05) is 70.2 Å². The SMILES string of the molecule is O=C(NCC1CCCN(C(=O)Nc2ccc(Cl)cc2Cl)C1)N[C]1CCCCCCC1.[CH2].[CH2]. The van der Waals surface area contributed by atoms with E-state index in [0.29, 0.717) is 35.4 Å². The van der Waals surface area contributed by atoms with Crippen molar-refractivity contribution in [1.82, 2.24) is 15.5 Å². The minimum atomic E-state index is -0.182. The number of likely N-dealkylation sites (tertiary alicyclic amines) is 1. The van der Waals surface area contributed by atoms with Gasteiger partial charge in [-0.25, -0.2) is 9.59 Å². The highest BCUT2D eigenvalue weighted by atomic mass is 35.5. The third-order valence-electron chi connectivity index (χ3n) is 5.78. The molecule has 1 saturated carbocycles. The number of carbonyl (C=O) groups excluding carboxylic acids is 2. The van der Waals surface area contributed by atoms with Crippen molar-refractivity contribution in [2.45, 2.75) is 57.8 Å². The van der Waals surface area contributed by atoms with Gasteiger partial charge in [-0.3, -0.25) is 0 Å². The summed E-state index contributed by atoms with van der Waals surface area (Å²) in [5.74, 6) is 0.235. The van der Waals surface area contributed by atoms with Crippen molar-refractivity contribution >= 4 is 41.0 Å². The number of anilines is 1. The number of halogens is 2. The molecule has 5 radical (unpaired) electrons. The number of hydrogen-bond acceptors (Lipinski definition) is 2. The normalized spacial score (nSPS) is 19.4. The van der Waals surface area contributed by atoms with E-state index in [0.717, 1.165) is 44.6 Å². The molecule has 0 spiro atoms. The maximum absolute atomic E-state index is 12.6. The van der Waals surface area contributed by atoms with E-state index in [1.54, 1.807) is 23.1 Å². The number of urea groups is 2. The Morgan fingerprint density at radius 2 is 1.66 bits per heavy atom. The summed E-state index contributed by atoms with van der Waals surface area (Å²) in [6.07, 6.45) is 9.96. The maximum atomic E-state index is 12.6. The van der Waals surface area contributed by atoms with Crippen molar-refractivity contribution in [2.75, 3.05) is 25.0 Å². The van der Waals surface area contributed by atoms with Crippen LogP contribution >= 0.6 is 23.2 Å². The topological polar surface area (TPSA) is 73.5 Å². The highest BCUT2D eigenvalue weighted by Crippen LogP contribution is 2.26. The van der Waals surface area contributed by atoms with Crippen LogP contribution in [0.15, 0.2) is 18.2 Å². The van der Waals surface area contributed by atoms with E-state index in [4.69, 9.17) is 23.2 Å². The summed E-state index contributed by atoms with van der Waals surface area (Å²) in [6.45, 7) is 1.86. The zero-order chi connectivity index (χ0) is 21.3. The molecule has 1 aromatic rings. The molecule has 1 heterocycles. The van der Waals surface area contributed by atoms with Gasteiger partial charge in [-0.15, -0.1) is 0 Å². The lowest BCUT2D eigenvalue weighted by Gasteiger charge is -2.33. The Morgan fingerprint density at radius 3 is 2.34 bits per heavy atom. The van der Waals surface area contributed by atoms with E-state index >= 15 is 0 Å². The zero-order valence-electron chi connectivity index (χ0n) is 18.7. The number of amides is 4. The quantitative estimate of drug-likeness (QED) is 0.460. The standard InChI is InChI=1S/C22H31Cl2N4O2.2CH2/c23-17-10-11-20(19(24)13-17)27-22(30)28-12-6-7-16(15-28)14-25-21(29)26-18-8-4-2-1-3-5-9-18;;/h10-11,13,16H,1-9,12,14-15H2,(H,27,30)(H2,25,26,29);2*1H2. The van der Waals surface area contributed by atoms with Gasteiger partial charge in [0, 0.05) is 24.7 Å². The summed E-state index contributed by atoms with van der Waals surface area (Å²) < 4.78 is 0. The molecule has 0 aromatic heterocycles. The largest absolute Gasteiger partial charge is 0.338 e. The van der Waals surface area contributed by atoms with Crippen LogP contribution in [0.25, 0.3) is 0 Å². The predicted molar refractivity (Wildman–Crippen MR) is 133 cm³/mol. The Balaban J connectivity index is 0.00000256. The van der Waals surface area contributed by atoms with Crippen LogP contribution in [0.2, 0.25) is 10.0 Å². The Hall–Kier alpha value is -1.66. The van der Waals surface area contributed by atoms with Crippen molar-refractivity contribution in [1.29, 1.82) is 0 Å². The Kier molecular flexibility index (Phi) is 12.8. The molecule has 1 atom stereocenters. The van der Waals surface area contributed by atoms with Crippen LogP contribution in [0.1, 0.15) is 57.8 Å². The zero-order valence-corrected chi connectivity index (χ0v) is 20.2. The van der Waals surface area contributed by atoms with Crippen LogP contribution in [0.4, 0.5) is 15.3 Å². The van der Waals surface area contributed by atoms with E-state index < -0.39 is 0 Å². The van der Waals surface area contributed by atoms with Gasteiger partial charge in [-0.05, 0) is 49.8 Å². The second kappa shape index (κ2) is 14.5. The highest BCUT2D eigenvalue weighted by molar-refractivity contribution is 6.36. The van der Waals surface area contributed by atoms with Crippen molar-refractivity contribution in [3.63, 3.8) is 0 Å². The lowest BCUT2D eigenvalue weighted by Crippen LogP contribution is -2.47. The number of rotatable bonds is 4. The number of benzene rings is 1. The summed E-state index contributed by atoms with van der Waals surface area (Å²) in [5.41, 5.74) is 0.543. The molecule has 8 heteroatoms. The van der Waals surface area contributed by atoms with Crippen LogP contribution in [0.3, 0.4) is 0 Å². The Labute approximate surface area is 203 Å². The molecular weight excluding hydrogens is 447 g/mol. The Morgan fingerprint density at radius 1 is 0.969 bits per heavy atom. The number of piperidine rings is 1. The van der Waals surface area contributed by atoms with Crippen molar-refractivity contribution in [2.24, 2.45) is 5.92 Å². The lowest BCUT2D eigenvalue weighted by molar-refractivity contribution is 0.176. The molecule has 1 unspecified atom stereocenters. The van der Waals surface area contributed by atoms with Crippen LogP contribution in [-0.2, 0) is 0 Å². The van der Waals surface area contributed by atoms with E-state index in [2.05, 4.69) is 16.0 Å². The van der Waals surface area contributed by atoms with Gasteiger partial charge in [0.05, 0.1) is 16.8 Å². The molecule has 32 heavy (non-hydrogen) atoms. The van der Waals surface area contributed by atoms with E-state index in [9.17, 15) is 9.59 Å². The second-order valence-corrected chi connectivity index (χ2v) is 9.06. The van der Waals surface area contributed by atoms with Gasteiger partial charge in [0.15, 0.2) is 0 Å². The molecule has 0 bridgehead atoms. The van der Waals surface area contributed by atoms with Crippen LogP contribution in [0, 0.1) is 26.8 Å². The molecule has 2 aliphatic rings. The fourth-order valence-electron chi connectivity index (χ4n) is 4.10. The van der Waals surface area contributed by atoms with Gasteiger partial charge in [0.25, 0.3) is 0 Å². The summed E-state index contributed by atoms with van der Waals surface area (Å²) >= 11 is 12.1. The first kappa shape index (κ1) is 28.4. The molecule has 1 aromatic carbocycles. The van der Waals surface area contributed by atoms with E-state index in [1.165, 1.54) is 19.3 Å². The molecule has 6 nitrogen and oxygen atoms in total. The summed E-state index contributed by atoms with van der Waals surface area (Å²) in [4.78, 5) is 26.7. The number of carbonyl (C=O) groups is 2. The molecule has 1 saturated heterocycles. The summed E-state index contributed by atoms with van der Waals surface area (Å²) in [7, 11) is 0. The molecule has 177 valence electrons. The van der Waals surface area contributed by atoms with Crippen molar-refractivity contribution < 1.29 is 9.59 Å². The number of nitrogens with zero attached hydrogens (tertiary/aromatic N) is 1. The third-order valence-corrected chi connectivity index (χ3v) is 6.33. The smallest absolute Gasteiger partial charge is 0.321 e. The maximum Gasteiger partial charge on any atom is 0.321 e. The third kappa shape index (κ3) is 9.07. The second-order valence-electron chi connectivity index (χ2n) is 8.21. The first-order chi connectivity index (χ1) is 14.5. The fourth-order valence-corrected chi connectivity index (χ4v) is 4.56. The molecule has 4 amide bonds. The lowest BCUT2D eigenvalue weighted by atomic mass is 9.97. The van der Waals surface area contributed by atoms with Crippen LogP contribution in [-0.4, -0.2) is 36.6 Å². The van der Waals surface area contributed by atoms with Crippen molar-refractivity contribution in [3.8, 4) is 0 Å². The molecule has 1 aliphatic heterocycles. The minimum Gasteiger partial charge on any atom is -0.338 e. The average molecular weight is 482 g/mol. The Bertz CT molecular complexity index is 724. The van der Waals surface area contributed by atoms with E-state index in [1.807, 2.05) is 0 Å². The fraction of sp³-hybridized carbons (Fsp3) is 0.542. The first-order valence-electron chi connectivity index (χ1n) is 10.9. The van der Waals surface area contributed by atoms with Gasteiger partial charge in [0.2, 0.25) is 0 Å². The number of nitrogens with one attached hydrogen (secondary N) is 3. The number of hydrogen-bond donors (Lipinski definition) is 3. The van der Waals surface area contributed by atoms with Gasteiger partial charge >= 0.3 is 12.1 Å². The minimum absolute atomic E-state index is 0. The monoisotopic (exact) mass is 481 g/mol. The van der Waals surface area contributed by atoms with E-state index in [-0.39, 0.29) is 32.8 Å². The predicted octanol–water partition coefficient (Wildman–Crippen LogP) is 6.47. The van der Waals surface area contributed by atoms with Crippen LogP contribution in [0.5, 0.6) is 0 Å². The molecule has 2 fully saturated rings. The summed E-state index contributed by atoms with van der Waals surface area (Å²) in [5, 5.41) is 9.84. The molecule has 1 aliphatic carbocycles. The van der Waals surface area contributed by atoms with Crippen molar-refractivity contribution in [3.05, 3.63) is 49.1 Å². The molecule has 3 N–H and O–H groups in total. The average Bonchev–Trinajstić information content (AvgIpc) is 2.70. The first-order valence-corrected chi connectivity index (χ1v) is 11.7. The van der Waals surface area contributed by atoms with Crippen LogP contribution < -0.4 is 16.0 Å². The molecular formula is C24H35Cl2N4O2. The highest BCUT2D eigenvalue weighted by Gasteiger charge is 2.25. The summed E-state index contributed by atoms with van der Waals surface area (Å²) in [6, 6.07) is 5.84. The van der Waals surface area contributed by atoms with Gasteiger partial charge < -0.3 is 20.9 Å². The molecule has 3 rings (SSSR count). The van der Waals surface area contributed by atoms with Gasteiger partial charge in [0.1, 0.15) is 0 Å².